The molecule has 0 saturated carbocycles. The average molecular weight is 475 g/mol. The maximum Gasteiger partial charge on any atom is 0.416 e. The van der Waals surface area contributed by atoms with Crippen molar-refractivity contribution in [1.29, 1.82) is 0 Å². The zero-order chi connectivity index (χ0) is 23.9. The molecule has 2 rings (SSSR count). The molecule has 0 aliphatic rings. The van der Waals surface area contributed by atoms with Crippen LogP contribution in [0, 0.1) is 0 Å². The molecule has 0 radical (unpaired) electrons. The third kappa shape index (κ3) is 6.13. The second-order valence-electron chi connectivity index (χ2n) is 6.58. The molecule has 1 amide bonds. The molecule has 0 fully saturated rings. The molecule has 0 aliphatic carbocycles. The number of ether oxygens (including phenoxy) is 2. The molecule has 0 heterocycles. The van der Waals surface area contributed by atoms with Crippen molar-refractivity contribution in [3.63, 3.8) is 0 Å². The van der Waals surface area contributed by atoms with Crippen molar-refractivity contribution < 1.29 is 35.9 Å². The van der Waals surface area contributed by atoms with Gasteiger partial charge in [0.25, 0.3) is 5.91 Å². The number of hydrogen-bond donors (Lipinski definition) is 1. The Hall–Kier alpha value is -2.79. The first-order valence-corrected chi connectivity index (χ1v) is 11.2. The van der Waals surface area contributed by atoms with Crippen LogP contribution in [0.15, 0.2) is 47.4 Å². The zero-order valence-electron chi connectivity index (χ0n) is 17.9. The van der Waals surface area contributed by atoms with E-state index in [4.69, 9.17) is 9.47 Å². The van der Waals surface area contributed by atoms with Crippen LogP contribution in [0.25, 0.3) is 0 Å². The predicted molar refractivity (Wildman–Crippen MR) is 112 cm³/mol. The Bertz CT molecular complexity index is 1040. The number of methoxy groups -OCH3 is 1. The van der Waals surface area contributed by atoms with Crippen molar-refractivity contribution in [1.82, 2.24) is 9.62 Å². The van der Waals surface area contributed by atoms with E-state index in [0.29, 0.717) is 0 Å². The first-order valence-electron chi connectivity index (χ1n) is 9.81. The molecule has 7 nitrogen and oxygen atoms in total. The number of sulfonamides is 1. The van der Waals surface area contributed by atoms with Gasteiger partial charge in [0.2, 0.25) is 10.0 Å². The minimum absolute atomic E-state index is 0.0129. The number of carbonyl (C=O) groups excluding carboxylic acids is 1. The molecule has 0 spiro atoms. The average Bonchev–Trinajstić information content (AvgIpc) is 2.76. The van der Waals surface area contributed by atoms with Gasteiger partial charge in [-0.3, -0.25) is 4.79 Å². The van der Waals surface area contributed by atoms with Crippen LogP contribution in [0.1, 0.15) is 29.8 Å². The van der Waals surface area contributed by atoms with E-state index in [-0.39, 0.29) is 48.2 Å². The zero-order valence-corrected chi connectivity index (χ0v) is 18.7. The first kappa shape index (κ1) is 25.5. The smallest absolute Gasteiger partial charge is 0.416 e. The van der Waals surface area contributed by atoms with Gasteiger partial charge in [0.1, 0.15) is 18.1 Å². The molecule has 11 heteroatoms. The molecule has 2 aromatic carbocycles. The van der Waals surface area contributed by atoms with Crippen LogP contribution in [-0.4, -0.2) is 52.0 Å². The van der Waals surface area contributed by atoms with E-state index < -0.39 is 27.7 Å². The minimum Gasteiger partial charge on any atom is -0.496 e. The monoisotopic (exact) mass is 474 g/mol. The molecule has 2 aromatic rings. The number of alkyl halides is 3. The van der Waals surface area contributed by atoms with Crippen LogP contribution in [0.4, 0.5) is 13.2 Å². The van der Waals surface area contributed by atoms with Crippen LogP contribution in [0.5, 0.6) is 11.5 Å². The highest BCUT2D eigenvalue weighted by molar-refractivity contribution is 7.89. The van der Waals surface area contributed by atoms with Crippen molar-refractivity contribution in [2.24, 2.45) is 0 Å². The van der Waals surface area contributed by atoms with Gasteiger partial charge >= 0.3 is 6.18 Å². The van der Waals surface area contributed by atoms with Crippen LogP contribution in [0.3, 0.4) is 0 Å². The summed E-state index contributed by atoms with van der Waals surface area (Å²) in [4.78, 5) is 12.6. The topological polar surface area (TPSA) is 84.9 Å². The Morgan fingerprint density at radius 2 is 1.78 bits per heavy atom. The molecule has 32 heavy (non-hydrogen) atoms. The number of hydrogen-bond acceptors (Lipinski definition) is 5. The van der Waals surface area contributed by atoms with E-state index in [1.54, 1.807) is 13.8 Å². The van der Waals surface area contributed by atoms with Gasteiger partial charge in [-0.05, 0) is 36.4 Å². The van der Waals surface area contributed by atoms with Gasteiger partial charge in [0.15, 0.2) is 0 Å². The fourth-order valence-electron chi connectivity index (χ4n) is 2.93. The number of rotatable bonds is 10. The van der Waals surface area contributed by atoms with E-state index >= 15 is 0 Å². The lowest BCUT2D eigenvalue weighted by Gasteiger charge is -2.19. The Kier molecular flexibility index (Phi) is 8.51. The molecule has 0 bridgehead atoms. The first-order chi connectivity index (χ1) is 15.0. The summed E-state index contributed by atoms with van der Waals surface area (Å²) in [7, 11) is -2.43. The largest absolute Gasteiger partial charge is 0.496 e. The summed E-state index contributed by atoms with van der Waals surface area (Å²) in [5.74, 6) is -0.412. The lowest BCUT2D eigenvalue weighted by molar-refractivity contribution is -0.137. The Balaban J connectivity index is 2.08. The number of carbonyl (C=O) groups is 1. The standard InChI is InChI=1S/C21H25F3N2O5S/c1-4-26(5-2)32(28,29)17-9-10-19(30-3)18(14-17)20(27)25-11-12-31-16-8-6-7-15(13-16)21(22,23)24/h6-10,13-14H,4-5,11-12H2,1-3H3,(H,25,27). The number of benzene rings is 2. The Morgan fingerprint density at radius 3 is 2.38 bits per heavy atom. The third-order valence-corrected chi connectivity index (χ3v) is 6.62. The maximum atomic E-state index is 12.8. The molecule has 0 atom stereocenters. The van der Waals surface area contributed by atoms with Crippen molar-refractivity contribution in [3.05, 3.63) is 53.6 Å². The SMILES string of the molecule is CCN(CC)S(=O)(=O)c1ccc(OC)c(C(=O)NCCOc2cccc(C(F)(F)F)c2)c1. The fourth-order valence-corrected chi connectivity index (χ4v) is 4.41. The fraction of sp³-hybridized carbons (Fsp3) is 0.381. The summed E-state index contributed by atoms with van der Waals surface area (Å²) in [5.41, 5.74) is -0.824. The normalized spacial score (nSPS) is 12.0. The predicted octanol–water partition coefficient (Wildman–Crippen LogP) is 3.55. The summed E-state index contributed by atoms with van der Waals surface area (Å²) in [6, 6.07) is 8.39. The van der Waals surface area contributed by atoms with Crippen LogP contribution in [0.2, 0.25) is 0 Å². The number of amides is 1. The second kappa shape index (κ2) is 10.7. The van der Waals surface area contributed by atoms with E-state index in [0.717, 1.165) is 12.1 Å². The summed E-state index contributed by atoms with van der Waals surface area (Å²) in [5, 5.41) is 2.55. The van der Waals surface area contributed by atoms with Crippen molar-refractivity contribution in [2.45, 2.75) is 24.9 Å². The molecule has 0 saturated heterocycles. The van der Waals surface area contributed by atoms with E-state index in [9.17, 15) is 26.4 Å². The van der Waals surface area contributed by atoms with Crippen molar-refractivity contribution in [2.75, 3.05) is 33.4 Å². The highest BCUT2D eigenvalue weighted by Crippen LogP contribution is 2.31. The molecule has 0 unspecified atom stereocenters. The third-order valence-electron chi connectivity index (χ3n) is 4.58. The van der Waals surface area contributed by atoms with Gasteiger partial charge in [-0.2, -0.15) is 17.5 Å². The van der Waals surface area contributed by atoms with Crippen molar-refractivity contribution in [3.8, 4) is 11.5 Å². The minimum atomic E-state index is -4.49. The van der Waals surface area contributed by atoms with E-state index in [1.807, 2.05) is 0 Å². The van der Waals surface area contributed by atoms with E-state index in [1.165, 1.54) is 41.7 Å². The summed E-state index contributed by atoms with van der Waals surface area (Å²) in [6.45, 7) is 3.86. The highest BCUT2D eigenvalue weighted by Gasteiger charge is 2.30. The van der Waals surface area contributed by atoms with E-state index in [2.05, 4.69) is 5.32 Å². The Labute approximate surface area is 185 Å². The molecular weight excluding hydrogens is 449 g/mol. The van der Waals surface area contributed by atoms with Crippen LogP contribution in [-0.2, 0) is 16.2 Å². The summed E-state index contributed by atoms with van der Waals surface area (Å²) >= 11 is 0. The van der Waals surface area contributed by atoms with Gasteiger partial charge in [0, 0.05) is 13.1 Å². The molecule has 176 valence electrons. The number of nitrogens with zero attached hydrogens (tertiary/aromatic N) is 1. The van der Waals surface area contributed by atoms with Gasteiger partial charge in [-0.25, -0.2) is 8.42 Å². The molecule has 0 aromatic heterocycles. The lowest BCUT2D eigenvalue weighted by atomic mass is 10.2. The van der Waals surface area contributed by atoms with Gasteiger partial charge in [-0.15, -0.1) is 0 Å². The van der Waals surface area contributed by atoms with Gasteiger partial charge < -0.3 is 14.8 Å². The Morgan fingerprint density at radius 1 is 1.09 bits per heavy atom. The van der Waals surface area contributed by atoms with Crippen LogP contribution >= 0.6 is 0 Å². The maximum absolute atomic E-state index is 12.8. The summed E-state index contributed by atoms with van der Waals surface area (Å²) < 4.78 is 75.5. The van der Waals surface area contributed by atoms with Gasteiger partial charge in [-0.1, -0.05) is 19.9 Å². The van der Waals surface area contributed by atoms with Gasteiger partial charge in [0.05, 0.1) is 29.7 Å². The number of halogens is 3. The van der Waals surface area contributed by atoms with Crippen LogP contribution < -0.4 is 14.8 Å². The highest BCUT2D eigenvalue weighted by atomic mass is 32.2. The lowest BCUT2D eigenvalue weighted by Crippen LogP contribution is -2.31. The van der Waals surface area contributed by atoms with Crippen molar-refractivity contribution >= 4 is 15.9 Å². The summed E-state index contributed by atoms with van der Waals surface area (Å²) in [6.07, 6.45) is -4.49. The second-order valence-corrected chi connectivity index (χ2v) is 8.52. The molecule has 0 aliphatic heterocycles. The molecular formula is C21H25F3N2O5S. The molecule has 1 N–H and O–H groups in total. The number of nitrogens with one attached hydrogen (secondary N) is 1. The quantitative estimate of drug-likeness (QED) is 0.533.